The van der Waals surface area contributed by atoms with Crippen molar-refractivity contribution >= 4 is 17.3 Å². The van der Waals surface area contributed by atoms with Crippen molar-refractivity contribution < 1.29 is 4.79 Å². The van der Waals surface area contributed by atoms with E-state index >= 15 is 0 Å². The van der Waals surface area contributed by atoms with Gasteiger partial charge in [-0.05, 0) is 31.0 Å². The summed E-state index contributed by atoms with van der Waals surface area (Å²) in [6.07, 6.45) is 0.994. The third-order valence-corrected chi connectivity index (χ3v) is 3.17. The molecule has 1 aromatic rings. The Bertz CT molecular complexity index is 431. The minimum Gasteiger partial charge on any atom is -0.399 e. The van der Waals surface area contributed by atoms with Crippen LogP contribution in [0.4, 0.5) is 11.4 Å². The summed E-state index contributed by atoms with van der Waals surface area (Å²) in [6.45, 7) is 5.48. The summed E-state index contributed by atoms with van der Waals surface area (Å²) < 4.78 is 0. The molecule has 0 aliphatic carbocycles. The third kappa shape index (κ3) is 2.70. The van der Waals surface area contributed by atoms with Crippen molar-refractivity contribution in [1.29, 1.82) is 0 Å². The Kier molecular flexibility index (Phi) is 3.22. The Hall–Kier alpha value is -1.71. The fourth-order valence-corrected chi connectivity index (χ4v) is 2.35. The minimum absolute atomic E-state index is 0.0427. The van der Waals surface area contributed by atoms with Crippen LogP contribution < -0.4 is 16.0 Å². The van der Waals surface area contributed by atoms with E-state index in [0.717, 1.165) is 25.2 Å². The topological polar surface area (TPSA) is 58.4 Å². The van der Waals surface area contributed by atoms with Crippen molar-refractivity contribution in [2.45, 2.75) is 26.3 Å². The summed E-state index contributed by atoms with van der Waals surface area (Å²) in [7, 11) is 0. The first kappa shape index (κ1) is 11.8. The molecule has 2 rings (SSSR count). The van der Waals surface area contributed by atoms with Crippen LogP contribution in [0.1, 0.15) is 18.9 Å². The van der Waals surface area contributed by atoms with E-state index in [1.807, 2.05) is 18.2 Å². The molecule has 0 saturated carbocycles. The number of carbonyl (C=O) groups is 1. The summed E-state index contributed by atoms with van der Waals surface area (Å²) in [5, 5.41) is 2.96. The molecule has 1 aromatic carbocycles. The molecular formula is C13H19N3O. The molecule has 0 aromatic heterocycles. The molecule has 17 heavy (non-hydrogen) atoms. The lowest BCUT2D eigenvalue weighted by molar-refractivity contribution is -0.119. The molecule has 92 valence electrons. The van der Waals surface area contributed by atoms with E-state index in [1.54, 1.807) is 6.92 Å². The van der Waals surface area contributed by atoms with E-state index in [9.17, 15) is 4.79 Å². The summed E-state index contributed by atoms with van der Waals surface area (Å²) in [6, 6.07) is 6.22. The van der Waals surface area contributed by atoms with Crippen molar-refractivity contribution in [3.05, 3.63) is 23.8 Å². The highest BCUT2D eigenvalue weighted by Crippen LogP contribution is 2.26. The Morgan fingerprint density at radius 2 is 2.29 bits per heavy atom. The fraction of sp³-hybridized carbons (Fsp3) is 0.462. The van der Waals surface area contributed by atoms with Crippen LogP contribution in [0, 0.1) is 6.92 Å². The number of carbonyl (C=O) groups excluding carboxylic acids is 1. The van der Waals surface area contributed by atoms with E-state index in [0.29, 0.717) is 0 Å². The monoisotopic (exact) mass is 233 g/mol. The molecule has 4 nitrogen and oxygen atoms in total. The van der Waals surface area contributed by atoms with Crippen LogP contribution in [0.5, 0.6) is 0 Å². The number of aryl methyl sites for hydroxylation is 1. The van der Waals surface area contributed by atoms with Crippen LogP contribution in [0.3, 0.4) is 0 Å². The maximum Gasteiger partial charge on any atom is 0.217 e. The normalized spacial score (nSPS) is 19.4. The van der Waals surface area contributed by atoms with Crippen LogP contribution >= 0.6 is 0 Å². The first-order valence-electron chi connectivity index (χ1n) is 5.94. The van der Waals surface area contributed by atoms with Crippen molar-refractivity contribution in [2.75, 3.05) is 23.7 Å². The lowest BCUT2D eigenvalue weighted by atomic mass is 10.1. The zero-order chi connectivity index (χ0) is 12.4. The lowest BCUT2D eigenvalue weighted by Crippen LogP contribution is -2.35. The van der Waals surface area contributed by atoms with Gasteiger partial charge in [-0.3, -0.25) is 4.79 Å². The van der Waals surface area contributed by atoms with Crippen LogP contribution in [-0.4, -0.2) is 25.0 Å². The SMILES string of the molecule is CC(=O)NC1CCN(c2cc(N)ccc2C)C1. The van der Waals surface area contributed by atoms with Gasteiger partial charge in [0.15, 0.2) is 0 Å². The second-order valence-corrected chi connectivity index (χ2v) is 4.68. The highest BCUT2D eigenvalue weighted by molar-refractivity contribution is 5.73. The van der Waals surface area contributed by atoms with Gasteiger partial charge in [0, 0.05) is 37.4 Å². The average molecular weight is 233 g/mol. The Labute approximate surface area is 102 Å². The smallest absolute Gasteiger partial charge is 0.217 e. The second-order valence-electron chi connectivity index (χ2n) is 4.68. The molecule has 1 saturated heterocycles. The van der Waals surface area contributed by atoms with E-state index in [1.165, 1.54) is 11.3 Å². The molecule has 3 N–H and O–H groups in total. The summed E-state index contributed by atoms with van der Waals surface area (Å²) >= 11 is 0. The maximum absolute atomic E-state index is 11.0. The molecule has 0 bridgehead atoms. The number of hydrogen-bond acceptors (Lipinski definition) is 3. The molecule has 0 radical (unpaired) electrons. The van der Waals surface area contributed by atoms with Crippen molar-refractivity contribution in [2.24, 2.45) is 0 Å². The lowest BCUT2D eigenvalue weighted by Gasteiger charge is -2.21. The summed E-state index contributed by atoms with van der Waals surface area (Å²) in [5.74, 6) is 0.0427. The number of rotatable bonds is 2. The van der Waals surface area contributed by atoms with E-state index in [-0.39, 0.29) is 11.9 Å². The van der Waals surface area contributed by atoms with E-state index in [2.05, 4.69) is 17.1 Å². The zero-order valence-corrected chi connectivity index (χ0v) is 10.4. The Balaban J connectivity index is 2.09. The quantitative estimate of drug-likeness (QED) is 0.757. The van der Waals surface area contributed by atoms with Gasteiger partial charge in [0.2, 0.25) is 5.91 Å². The van der Waals surface area contributed by atoms with Gasteiger partial charge in [-0.15, -0.1) is 0 Å². The molecular weight excluding hydrogens is 214 g/mol. The standard InChI is InChI=1S/C13H19N3O/c1-9-3-4-11(14)7-13(9)16-6-5-12(8-16)15-10(2)17/h3-4,7,12H,5-6,8,14H2,1-2H3,(H,15,17). The van der Waals surface area contributed by atoms with Gasteiger partial charge in [0.1, 0.15) is 0 Å². The van der Waals surface area contributed by atoms with Gasteiger partial charge in [-0.1, -0.05) is 6.07 Å². The number of anilines is 2. The van der Waals surface area contributed by atoms with Gasteiger partial charge in [-0.2, -0.15) is 0 Å². The largest absolute Gasteiger partial charge is 0.399 e. The average Bonchev–Trinajstić information content (AvgIpc) is 2.69. The van der Waals surface area contributed by atoms with Crippen LogP contribution in [0.15, 0.2) is 18.2 Å². The summed E-state index contributed by atoms with van der Waals surface area (Å²) in [5.41, 5.74) is 9.00. The van der Waals surface area contributed by atoms with Gasteiger partial charge in [0.25, 0.3) is 0 Å². The number of nitrogens with two attached hydrogens (primary N) is 1. The van der Waals surface area contributed by atoms with Crippen LogP contribution in [0.25, 0.3) is 0 Å². The van der Waals surface area contributed by atoms with Gasteiger partial charge < -0.3 is 16.0 Å². The first-order chi connectivity index (χ1) is 8.06. The van der Waals surface area contributed by atoms with Crippen molar-refractivity contribution in [3.63, 3.8) is 0 Å². The summed E-state index contributed by atoms with van der Waals surface area (Å²) in [4.78, 5) is 13.3. The molecule has 1 heterocycles. The molecule has 0 spiro atoms. The van der Waals surface area contributed by atoms with Crippen molar-refractivity contribution in [1.82, 2.24) is 5.32 Å². The molecule has 1 unspecified atom stereocenters. The van der Waals surface area contributed by atoms with Gasteiger partial charge in [0.05, 0.1) is 0 Å². The maximum atomic E-state index is 11.0. The van der Waals surface area contributed by atoms with Crippen LogP contribution in [0.2, 0.25) is 0 Å². The predicted molar refractivity (Wildman–Crippen MR) is 70.0 cm³/mol. The highest BCUT2D eigenvalue weighted by Gasteiger charge is 2.24. The number of hydrogen-bond donors (Lipinski definition) is 2. The van der Waals surface area contributed by atoms with Crippen molar-refractivity contribution in [3.8, 4) is 0 Å². The van der Waals surface area contributed by atoms with E-state index < -0.39 is 0 Å². The van der Waals surface area contributed by atoms with Gasteiger partial charge in [-0.25, -0.2) is 0 Å². The molecule has 1 aliphatic rings. The second kappa shape index (κ2) is 4.65. The Morgan fingerprint density at radius 3 is 3.00 bits per heavy atom. The zero-order valence-electron chi connectivity index (χ0n) is 10.4. The molecule has 4 heteroatoms. The first-order valence-corrected chi connectivity index (χ1v) is 5.94. The number of amides is 1. The Morgan fingerprint density at radius 1 is 1.53 bits per heavy atom. The molecule has 1 amide bonds. The van der Waals surface area contributed by atoms with E-state index in [4.69, 9.17) is 5.73 Å². The number of benzene rings is 1. The fourth-order valence-electron chi connectivity index (χ4n) is 2.35. The molecule has 1 fully saturated rings. The third-order valence-electron chi connectivity index (χ3n) is 3.17. The number of nitrogens with zero attached hydrogens (tertiary/aromatic N) is 1. The highest BCUT2D eigenvalue weighted by atomic mass is 16.1. The predicted octanol–water partition coefficient (Wildman–Crippen LogP) is 1.29. The van der Waals surface area contributed by atoms with Crippen LogP contribution in [-0.2, 0) is 4.79 Å². The molecule has 1 aliphatic heterocycles. The molecule has 1 atom stereocenters. The minimum atomic E-state index is 0.0427. The number of nitrogens with one attached hydrogen (secondary N) is 1. The van der Waals surface area contributed by atoms with Gasteiger partial charge >= 0.3 is 0 Å². The number of nitrogen functional groups attached to an aromatic ring is 1.